The first-order chi connectivity index (χ1) is 11.8. The molecule has 0 saturated carbocycles. The van der Waals surface area contributed by atoms with Crippen LogP contribution in [-0.2, 0) is 5.41 Å². The molecule has 0 N–H and O–H groups in total. The SMILES string of the molecule is CC1(C)N=C(c2ccc3nccc(Cl)c3c2)c2ccccc2C1(C)C. The van der Waals surface area contributed by atoms with Gasteiger partial charge >= 0.3 is 0 Å². The van der Waals surface area contributed by atoms with E-state index in [0.717, 1.165) is 27.2 Å². The molecule has 0 amide bonds. The molecule has 1 aromatic heterocycles. The van der Waals surface area contributed by atoms with Gasteiger partial charge in [-0.15, -0.1) is 0 Å². The lowest BCUT2D eigenvalue weighted by molar-refractivity contribution is 0.303. The highest BCUT2D eigenvalue weighted by molar-refractivity contribution is 6.35. The Labute approximate surface area is 153 Å². The minimum Gasteiger partial charge on any atom is -0.277 e. The predicted molar refractivity (Wildman–Crippen MR) is 106 cm³/mol. The van der Waals surface area contributed by atoms with Gasteiger partial charge in [0.2, 0.25) is 0 Å². The van der Waals surface area contributed by atoms with Crippen LogP contribution in [0.15, 0.2) is 59.7 Å². The summed E-state index contributed by atoms with van der Waals surface area (Å²) in [5, 5.41) is 1.68. The van der Waals surface area contributed by atoms with Crippen LogP contribution in [0.5, 0.6) is 0 Å². The standard InChI is InChI=1S/C22H21ClN2/c1-21(2)17-8-6-5-7-15(17)20(25-22(21,3)4)14-9-10-19-16(13-14)18(23)11-12-24-19/h5-13H,1-4H3. The van der Waals surface area contributed by atoms with Gasteiger partial charge in [0.05, 0.1) is 21.8 Å². The van der Waals surface area contributed by atoms with Gasteiger partial charge in [0, 0.05) is 28.1 Å². The molecule has 0 atom stereocenters. The van der Waals surface area contributed by atoms with Gasteiger partial charge in [-0.1, -0.05) is 55.8 Å². The largest absolute Gasteiger partial charge is 0.277 e. The van der Waals surface area contributed by atoms with E-state index in [1.165, 1.54) is 11.1 Å². The average molecular weight is 349 g/mol. The highest BCUT2D eigenvalue weighted by atomic mass is 35.5. The summed E-state index contributed by atoms with van der Waals surface area (Å²) in [6.45, 7) is 8.96. The maximum Gasteiger partial charge on any atom is 0.0729 e. The van der Waals surface area contributed by atoms with Crippen LogP contribution in [0, 0.1) is 0 Å². The van der Waals surface area contributed by atoms with Gasteiger partial charge in [-0.25, -0.2) is 0 Å². The second-order valence-electron chi connectivity index (χ2n) is 7.71. The third-order valence-electron chi connectivity index (χ3n) is 5.74. The number of aromatic nitrogens is 1. The molecule has 4 rings (SSSR count). The van der Waals surface area contributed by atoms with E-state index in [4.69, 9.17) is 16.6 Å². The van der Waals surface area contributed by atoms with Crippen molar-refractivity contribution in [3.05, 3.63) is 76.4 Å². The van der Waals surface area contributed by atoms with E-state index in [-0.39, 0.29) is 11.0 Å². The highest BCUT2D eigenvalue weighted by Gasteiger charge is 2.43. The van der Waals surface area contributed by atoms with Gasteiger partial charge in [-0.05, 0) is 37.6 Å². The first-order valence-electron chi connectivity index (χ1n) is 8.56. The van der Waals surface area contributed by atoms with Crippen molar-refractivity contribution in [3.63, 3.8) is 0 Å². The number of rotatable bonds is 1. The summed E-state index contributed by atoms with van der Waals surface area (Å²) in [5.41, 5.74) is 5.31. The van der Waals surface area contributed by atoms with Crippen LogP contribution in [0.1, 0.15) is 44.4 Å². The number of hydrogen-bond acceptors (Lipinski definition) is 2. The normalized spacial score (nSPS) is 17.9. The number of pyridine rings is 1. The Morgan fingerprint density at radius 3 is 2.48 bits per heavy atom. The van der Waals surface area contributed by atoms with Crippen molar-refractivity contribution in [1.82, 2.24) is 4.98 Å². The fraction of sp³-hybridized carbons (Fsp3) is 0.273. The van der Waals surface area contributed by atoms with Crippen molar-refractivity contribution in [2.24, 2.45) is 4.99 Å². The molecule has 2 heterocycles. The second kappa shape index (κ2) is 5.40. The summed E-state index contributed by atoms with van der Waals surface area (Å²) in [5.74, 6) is 0. The van der Waals surface area contributed by atoms with E-state index in [2.05, 4.69) is 69.1 Å². The van der Waals surface area contributed by atoms with Crippen molar-refractivity contribution >= 4 is 28.2 Å². The monoisotopic (exact) mass is 348 g/mol. The van der Waals surface area contributed by atoms with Crippen LogP contribution >= 0.6 is 11.6 Å². The van der Waals surface area contributed by atoms with Crippen molar-refractivity contribution in [2.45, 2.75) is 38.6 Å². The summed E-state index contributed by atoms with van der Waals surface area (Å²) < 4.78 is 0. The zero-order chi connectivity index (χ0) is 17.8. The molecule has 0 saturated heterocycles. The van der Waals surface area contributed by atoms with Gasteiger partial charge in [0.25, 0.3) is 0 Å². The lowest BCUT2D eigenvalue weighted by Crippen LogP contribution is -2.46. The molecule has 3 heteroatoms. The lowest BCUT2D eigenvalue weighted by Gasteiger charge is -2.44. The average Bonchev–Trinajstić information content (AvgIpc) is 2.59. The maximum absolute atomic E-state index is 6.39. The van der Waals surface area contributed by atoms with Gasteiger partial charge < -0.3 is 0 Å². The number of aliphatic imine (C=N–C) groups is 1. The Balaban J connectivity index is 1.99. The first kappa shape index (κ1) is 16.3. The Bertz CT molecular complexity index is 1020. The third kappa shape index (κ3) is 2.39. The fourth-order valence-electron chi connectivity index (χ4n) is 3.52. The summed E-state index contributed by atoms with van der Waals surface area (Å²) >= 11 is 6.39. The molecule has 3 aromatic rings. The van der Waals surface area contributed by atoms with E-state index in [0.29, 0.717) is 0 Å². The van der Waals surface area contributed by atoms with E-state index < -0.39 is 0 Å². The van der Waals surface area contributed by atoms with Gasteiger partial charge in [0.15, 0.2) is 0 Å². The lowest BCUT2D eigenvalue weighted by atomic mass is 9.66. The minimum atomic E-state index is -0.204. The molecule has 25 heavy (non-hydrogen) atoms. The molecule has 2 aromatic carbocycles. The number of fused-ring (bicyclic) bond motifs is 2. The topological polar surface area (TPSA) is 25.2 Å². The van der Waals surface area contributed by atoms with Crippen molar-refractivity contribution in [2.75, 3.05) is 0 Å². The van der Waals surface area contributed by atoms with Gasteiger partial charge in [0.1, 0.15) is 0 Å². The van der Waals surface area contributed by atoms with Gasteiger partial charge in [-0.2, -0.15) is 0 Å². The number of hydrogen-bond donors (Lipinski definition) is 0. The van der Waals surface area contributed by atoms with Crippen molar-refractivity contribution in [1.29, 1.82) is 0 Å². The van der Waals surface area contributed by atoms with Crippen molar-refractivity contribution in [3.8, 4) is 0 Å². The van der Waals surface area contributed by atoms with Crippen molar-refractivity contribution < 1.29 is 0 Å². The summed E-state index contributed by atoms with van der Waals surface area (Å²) in [6.07, 6.45) is 1.74. The summed E-state index contributed by atoms with van der Waals surface area (Å²) in [4.78, 5) is 9.57. The Morgan fingerprint density at radius 1 is 0.920 bits per heavy atom. The summed E-state index contributed by atoms with van der Waals surface area (Å²) in [6, 6.07) is 16.6. The molecule has 0 spiro atoms. The van der Waals surface area contributed by atoms with E-state index in [9.17, 15) is 0 Å². The maximum atomic E-state index is 6.39. The number of halogens is 1. The number of benzene rings is 2. The molecular weight excluding hydrogens is 328 g/mol. The molecular formula is C22H21ClN2. The van der Waals surface area contributed by atoms with Crippen LogP contribution in [-0.4, -0.2) is 16.2 Å². The molecule has 1 aliphatic heterocycles. The molecule has 0 aliphatic carbocycles. The van der Waals surface area contributed by atoms with Crippen LogP contribution < -0.4 is 0 Å². The first-order valence-corrected chi connectivity index (χ1v) is 8.93. The Morgan fingerprint density at radius 2 is 1.68 bits per heavy atom. The second-order valence-corrected chi connectivity index (χ2v) is 8.12. The Hall–Kier alpha value is -2.19. The third-order valence-corrected chi connectivity index (χ3v) is 6.07. The molecule has 126 valence electrons. The Kier molecular flexibility index (Phi) is 3.52. The van der Waals surface area contributed by atoms with Crippen LogP contribution in [0.2, 0.25) is 5.02 Å². The smallest absolute Gasteiger partial charge is 0.0729 e. The molecule has 1 aliphatic rings. The quantitative estimate of drug-likeness (QED) is 0.546. The molecule has 0 bridgehead atoms. The molecule has 2 nitrogen and oxygen atoms in total. The van der Waals surface area contributed by atoms with E-state index in [1.54, 1.807) is 6.20 Å². The van der Waals surface area contributed by atoms with Gasteiger partial charge in [-0.3, -0.25) is 9.98 Å². The molecule has 0 fully saturated rings. The van der Waals surface area contributed by atoms with Crippen LogP contribution in [0.3, 0.4) is 0 Å². The fourth-order valence-corrected chi connectivity index (χ4v) is 3.73. The van der Waals surface area contributed by atoms with Crippen LogP contribution in [0.25, 0.3) is 10.9 Å². The summed E-state index contributed by atoms with van der Waals surface area (Å²) in [7, 11) is 0. The minimum absolute atomic E-state index is 0.0385. The zero-order valence-corrected chi connectivity index (χ0v) is 15.7. The highest BCUT2D eigenvalue weighted by Crippen LogP contribution is 2.44. The number of nitrogens with zero attached hydrogens (tertiary/aromatic N) is 2. The zero-order valence-electron chi connectivity index (χ0n) is 15.0. The van der Waals surface area contributed by atoms with E-state index >= 15 is 0 Å². The van der Waals surface area contributed by atoms with E-state index in [1.807, 2.05) is 12.1 Å². The molecule has 0 radical (unpaired) electrons. The van der Waals surface area contributed by atoms with Crippen LogP contribution in [0.4, 0.5) is 0 Å². The predicted octanol–water partition coefficient (Wildman–Crippen LogP) is 5.80. The molecule has 0 unspecified atom stereocenters.